The van der Waals surface area contributed by atoms with E-state index in [4.69, 9.17) is 12.2 Å². The summed E-state index contributed by atoms with van der Waals surface area (Å²) in [6.07, 6.45) is 3.02. The quantitative estimate of drug-likeness (QED) is 0.311. The van der Waals surface area contributed by atoms with Gasteiger partial charge >= 0.3 is 6.36 Å². The molecule has 6 nitrogen and oxygen atoms in total. The largest absolute Gasteiger partial charge is 0.573 e. The molecule has 2 aromatic carbocycles. The van der Waals surface area contributed by atoms with E-state index in [2.05, 4.69) is 51.4 Å². The molecule has 10 heteroatoms. The van der Waals surface area contributed by atoms with Crippen LogP contribution in [-0.4, -0.2) is 32.8 Å². The summed E-state index contributed by atoms with van der Waals surface area (Å²) < 4.78 is 42.6. The standard InChI is InChI=1S/C27H30F3N5OS/c1-18(2)23-8-3-4-9-24(23)33-26(37)31-15-14-19-6-5-7-20(16-19)25-32-17-35(34-25)21-10-12-22(13-11-21)36-27(28,29)30/h3-4,8-13,16-19H,5-7,14-15H2,1-2H3,(H2,31,33,37). The fourth-order valence-corrected chi connectivity index (χ4v) is 4.62. The third-order valence-electron chi connectivity index (χ3n) is 6.20. The zero-order chi connectivity index (χ0) is 26.4. The predicted octanol–water partition coefficient (Wildman–Crippen LogP) is 6.85. The zero-order valence-corrected chi connectivity index (χ0v) is 21.6. The van der Waals surface area contributed by atoms with Gasteiger partial charge in [0.1, 0.15) is 12.1 Å². The first-order valence-corrected chi connectivity index (χ1v) is 12.7. The van der Waals surface area contributed by atoms with Gasteiger partial charge in [0.25, 0.3) is 0 Å². The van der Waals surface area contributed by atoms with Crippen molar-refractivity contribution in [3.05, 3.63) is 72.3 Å². The van der Waals surface area contributed by atoms with Crippen LogP contribution in [0.25, 0.3) is 11.3 Å². The molecular weight excluding hydrogens is 499 g/mol. The van der Waals surface area contributed by atoms with Crippen molar-refractivity contribution in [2.45, 2.75) is 51.8 Å². The van der Waals surface area contributed by atoms with Crippen LogP contribution in [0.4, 0.5) is 18.9 Å². The third kappa shape index (κ3) is 7.55. The van der Waals surface area contributed by atoms with Crippen LogP contribution in [0.3, 0.4) is 0 Å². The van der Waals surface area contributed by atoms with Crippen molar-refractivity contribution >= 4 is 28.6 Å². The average molecular weight is 530 g/mol. The molecule has 1 heterocycles. The van der Waals surface area contributed by atoms with Crippen molar-refractivity contribution in [3.8, 4) is 11.4 Å². The molecule has 4 rings (SSSR count). The first-order chi connectivity index (χ1) is 17.7. The van der Waals surface area contributed by atoms with Gasteiger partial charge in [-0.2, -0.15) is 0 Å². The molecule has 0 saturated heterocycles. The van der Waals surface area contributed by atoms with Crippen molar-refractivity contribution in [1.29, 1.82) is 0 Å². The highest BCUT2D eigenvalue weighted by Crippen LogP contribution is 2.30. The Kier molecular flexibility index (Phi) is 8.48. The summed E-state index contributed by atoms with van der Waals surface area (Å²) in [5.41, 5.74) is 3.94. The molecule has 196 valence electrons. The van der Waals surface area contributed by atoms with Crippen LogP contribution in [0.1, 0.15) is 56.8 Å². The number of hydrogen-bond donors (Lipinski definition) is 2. The Morgan fingerprint density at radius 3 is 2.65 bits per heavy atom. The van der Waals surface area contributed by atoms with Crippen LogP contribution < -0.4 is 15.4 Å². The second-order valence-electron chi connectivity index (χ2n) is 9.31. The highest BCUT2D eigenvalue weighted by atomic mass is 32.1. The minimum atomic E-state index is -4.72. The van der Waals surface area contributed by atoms with Crippen LogP contribution in [0.2, 0.25) is 0 Å². The summed E-state index contributed by atoms with van der Waals surface area (Å²) in [5, 5.41) is 11.8. The number of alkyl halides is 3. The SMILES string of the molecule is CC(C)c1ccccc1NC(=S)NCCC1C=C(c2ncn(-c3ccc(OC(F)(F)F)cc3)n2)CCC1. The zero-order valence-electron chi connectivity index (χ0n) is 20.8. The molecule has 1 aromatic heterocycles. The number of halogens is 3. The number of hydrogen-bond acceptors (Lipinski definition) is 4. The van der Waals surface area contributed by atoms with E-state index in [0.29, 0.717) is 28.5 Å². The molecule has 0 aliphatic heterocycles. The molecule has 0 fully saturated rings. The Balaban J connectivity index is 1.31. The third-order valence-corrected chi connectivity index (χ3v) is 6.45. The molecular formula is C27H30F3N5OS. The van der Waals surface area contributed by atoms with Crippen LogP contribution in [-0.2, 0) is 0 Å². The van der Waals surface area contributed by atoms with E-state index in [1.54, 1.807) is 11.0 Å². The Morgan fingerprint density at radius 2 is 1.92 bits per heavy atom. The molecule has 1 aliphatic rings. The second kappa shape index (κ2) is 11.8. The molecule has 2 N–H and O–H groups in total. The summed E-state index contributed by atoms with van der Waals surface area (Å²) in [5.74, 6) is 1.14. The topological polar surface area (TPSA) is 64.0 Å². The summed E-state index contributed by atoms with van der Waals surface area (Å²) in [6.45, 7) is 5.06. The lowest BCUT2D eigenvalue weighted by Crippen LogP contribution is -2.30. The maximum Gasteiger partial charge on any atom is 0.573 e. The molecule has 3 aromatic rings. The Morgan fingerprint density at radius 1 is 1.16 bits per heavy atom. The van der Waals surface area contributed by atoms with Gasteiger partial charge in [0.05, 0.1) is 5.69 Å². The number of nitrogens with zero attached hydrogens (tertiary/aromatic N) is 3. The van der Waals surface area contributed by atoms with Gasteiger partial charge in [-0.25, -0.2) is 9.67 Å². The fourth-order valence-electron chi connectivity index (χ4n) is 4.41. The van der Waals surface area contributed by atoms with E-state index in [-0.39, 0.29) is 5.75 Å². The van der Waals surface area contributed by atoms with Gasteiger partial charge in [-0.1, -0.05) is 38.1 Å². The van der Waals surface area contributed by atoms with Gasteiger partial charge in [-0.3, -0.25) is 0 Å². The predicted molar refractivity (Wildman–Crippen MR) is 143 cm³/mol. The molecule has 0 radical (unpaired) electrons. The van der Waals surface area contributed by atoms with E-state index in [1.165, 1.54) is 29.8 Å². The Labute approximate surface area is 219 Å². The van der Waals surface area contributed by atoms with Crippen molar-refractivity contribution in [2.75, 3.05) is 11.9 Å². The number of allylic oxidation sites excluding steroid dienone is 2. The maximum absolute atomic E-state index is 12.4. The minimum Gasteiger partial charge on any atom is -0.406 e. The highest BCUT2D eigenvalue weighted by Gasteiger charge is 2.31. The first-order valence-electron chi connectivity index (χ1n) is 12.3. The maximum atomic E-state index is 12.4. The van der Waals surface area contributed by atoms with Gasteiger partial charge < -0.3 is 15.4 Å². The number of nitrogens with one attached hydrogen (secondary N) is 2. The molecule has 0 amide bonds. The number of benzene rings is 2. The van der Waals surface area contributed by atoms with Crippen LogP contribution in [0.15, 0.2) is 60.9 Å². The number of rotatable bonds is 8. The number of anilines is 1. The van der Waals surface area contributed by atoms with Crippen LogP contribution >= 0.6 is 12.2 Å². The Hall–Kier alpha value is -3.40. The summed E-state index contributed by atoms with van der Waals surface area (Å²) in [4.78, 5) is 4.44. The lowest BCUT2D eigenvalue weighted by atomic mass is 9.88. The smallest absolute Gasteiger partial charge is 0.406 e. The monoisotopic (exact) mass is 529 g/mol. The molecule has 1 unspecified atom stereocenters. The van der Waals surface area contributed by atoms with Gasteiger partial charge in [0.15, 0.2) is 10.9 Å². The number of thiocarbonyl (C=S) groups is 1. The van der Waals surface area contributed by atoms with Crippen LogP contribution in [0.5, 0.6) is 5.75 Å². The number of aromatic nitrogens is 3. The van der Waals surface area contributed by atoms with Crippen LogP contribution in [0, 0.1) is 5.92 Å². The highest BCUT2D eigenvalue weighted by molar-refractivity contribution is 7.80. The summed E-state index contributed by atoms with van der Waals surface area (Å²) in [6, 6.07) is 13.7. The lowest BCUT2D eigenvalue weighted by molar-refractivity contribution is -0.274. The van der Waals surface area contributed by atoms with Crippen molar-refractivity contribution in [3.63, 3.8) is 0 Å². The molecule has 1 aliphatic carbocycles. The van der Waals surface area contributed by atoms with E-state index >= 15 is 0 Å². The van der Waals surface area contributed by atoms with Gasteiger partial charge in [0, 0.05) is 12.2 Å². The molecule has 37 heavy (non-hydrogen) atoms. The van der Waals surface area contributed by atoms with Crippen molar-refractivity contribution < 1.29 is 17.9 Å². The van der Waals surface area contributed by atoms with Crippen molar-refractivity contribution in [1.82, 2.24) is 20.1 Å². The number of para-hydroxylation sites is 1. The van der Waals surface area contributed by atoms with Gasteiger partial charge in [0.2, 0.25) is 0 Å². The lowest BCUT2D eigenvalue weighted by Gasteiger charge is -2.21. The van der Waals surface area contributed by atoms with E-state index in [0.717, 1.165) is 43.5 Å². The van der Waals surface area contributed by atoms with Crippen molar-refractivity contribution in [2.24, 2.45) is 5.92 Å². The summed E-state index contributed by atoms with van der Waals surface area (Å²) in [7, 11) is 0. The van der Waals surface area contributed by atoms with Gasteiger partial charge in [-0.05, 0) is 91.2 Å². The van der Waals surface area contributed by atoms with E-state index < -0.39 is 6.36 Å². The minimum absolute atomic E-state index is 0.276. The molecule has 1 atom stereocenters. The normalized spacial score (nSPS) is 15.8. The molecule has 0 saturated carbocycles. The van der Waals surface area contributed by atoms with E-state index in [9.17, 15) is 13.2 Å². The Bertz CT molecular complexity index is 1240. The number of ether oxygens (including phenoxy) is 1. The molecule has 0 bridgehead atoms. The first kappa shape index (κ1) is 26.7. The average Bonchev–Trinajstić information content (AvgIpc) is 3.34. The molecule has 0 spiro atoms. The fraction of sp³-hybridized carbons (Fsp3) is 0.370. The van der Waals surface area contributed by atoms with Gasteiger partial charge in [-0.15, -0.1) is 18.3 Å². The second-order valence-corrected chi connectivity index (χ2v) is 9.72. The summed E-state index contributed by atoms with van der Waals surface area (Å²) >= 11 is 5.51. The van der Waals surface area contributed by atoms with E-state index in [1.807, 2.05) is 18.2 Å².